The zero-order chi connectivity index (χ0) is 19.2. The van der Waals surface area contributed by atoms with Crippen molar-refractivity contribution in [1.29, 1.82) is 0 Å². The van der Waals surface area contributed by atoms with E-state index in [4.69, 9.17) is 0 Å². The Kier molecular flexibility index (Phi) is 4.02. The van der Waals surface area contributed by atoms with Crippen LogP contribution in [0.3, 0.4) is 0 Å². The topological polar surface area (TPSA) is 23.6 Å². The van der Waals surface area contributed by atoms with Gasteiger partial charge in [-0.1, -0.05) is 24.3 Å². The van der Waals surface area contributed by atoms with Gasteiger partial charge in [0.2, 0.25) is 0 Å². The van der Waals surface area contributed by atoms with Crippen LogP contribution in [-0.4, -0.2) is 10.8 Å². The van der Waals surface area contributed by atoms with E-state index in [1.165, 1.54) is 4.90 Å². The molecule has 0 saturated heterocycles. The van der Waals surface area contributed by atoms with Crippen molar-refractivity contribution in [3.05, 3.63) is 89.1 Å². The minimum atomic E-state index is -4.84. The summed E-state index contributed by atoms with van der Waals surface area (Å²) in [5.41, 5.74) is 0.244. The number of rotatable bonds is 1. The van der Waals surface area contributed by atoms with Crippen LogP contribution in [0.1, 0.15) is 27.9 Å². The number of anilines is 1. The average Bonchev–Trinajstić information content (AvgIpc) is 2.99. The molecule has 2 heterocycles. The van der Waals surface area contributed by atoms with Crippen LogP contribution < -0.4 is 4.90 Å². The number of fused-ring (bicyclic) bond motifs is 2. The second-order valence-corrected chi connectivity index (χ2v) is 6.33. The van der Waals surface area contributed by atoms with Crippen LogP contribution in [0.15, 0.2) is 66.6 Å². The Hall–Kier alpha value is -3.09. The van der Waals surface area contributed by atoms with E-state index in [0.717, 1.165) is 23.4 Å². The van der Waals surface area contributed by atoms with Gasteiger partial charge in [0.1, 0.15) is 5.82 Å². The van der Waals surface area contributed by atoms with Gasteiger partial charge in [-0.2, -0.15) is 13.2 Å². The van der Waals surface area contributed by atoms with Crippen LogP contribution in [0, 0.1) is 5.82 Å². The summed E-state index contributed by atoms with van der Waals surface area (Å²) in [5, 5.41) is 0. The number of nitrogens with zero attached hydrogens (tertiary/aromatic N) is 2. The fourth-order valence-electron chi connectivity index (χ4n) is 3.31. The van der Waals surface area contributed by atoms with E-state index >= 15 is 0 Å². The third-order valence-electron chi connectivity index (χ3n) is 4.59. The Labute approximate surface area is 152 Å². The summed E-state index contributed by atoms with van der Waals surface area (Å²) in [4.78, 5) is 16.3. The molecule has 138 valence electrons. The Morgan fingerprint density at radius 1 is 1.07 bits per heavy atom. The first-order chi connectivity index (χ1) is 12.8. The van der Waals surface area contributed by atoms with Gasteiger partial charge in [0.25, 0.3) is 5.91 Å². The Balaban J connectivity index is 1.85. The van der Waals surface area contributed by atoms with E-state index in [2.05, 4.69) is 0 Å². The smallest absolute Gasteiger partial charge is 0.346 e. The fourth-order valence-corrected chi connectivity index (χ4v) is 3.31. The van der Waals surface area contributed by atoms with Crippen molar-refractivity contribution in [2.45, 2.75) is 19.1 Å². The number of carbonyl (C=O) groups is 1. The summed E-state index contributed by atoms with van der Waals surface area (Å²) in [6.45, 7) is 0.512. The molecule has 0 unspecified atom stereocenters. The van der Waals surface area contributed by atoms with Crippen molar-refractivity contribution in [2.75, 3.05) is 4.90 Å². The molecule has 7 heteroatoms. The highest BCUT2D eigenvalue weighted by molar-refractivity contribution is 6.09. The second kappa shape index (κ2) is 6.26. The van der Waals surface area contributed by atoms with Crippen molar-refractivity contribution >= 4 is 11.6 Å². The molecule has 0 aliphatic carbocycles. The fraction of sp³-hybridized carbons (Fsp3) is 0.150. The maximum atomic E-state index is 13.4. The molecule has 0 bridgehead atoms. The van der Waals surface area contributed by atoms with Crippen LogP contribution in [0.2, 0.25) is 0 Å². The first kappa shape index (κ1) is 17.3. The molecule has 3 nitrogen and oxygen atoms in total. The largest absolute Gasteiger partial charge is 0.417 e. The zero-order valence-corrected chi connectivity index (χ0v) is 14.0. The Morgan fingerprint density at radius 3 is 2.63 bits per heavy atom. The number of hydrogen-bond acceptors (Lipinski definition) is 2. The molecule has 2 aromatic rings. The predicted octanol–water partition coefficient (Wildman–Crippen LogP) is 5.07. The molecule has 27 heavy (non-hydrogen) atoms. The van der Waals surface area contributed by atoms with E-state index < -0.39 is 29.0 Å². The van der Waals surface area contributed by atoms with Gasteiger partial charge in [0.05, 0.1) is 16.8 Å². The van der Waals surface area contributed by atoms with Gasteiger partial charge in [0.15, 0.2) is 0 Å². The van der Waals surface area contributed by atoms with Crippen LogP contribution in [0.5, 0.6) is 0 Å². The molecule has 2 aromatic carbocycles. The lowest BCUT2D eigenvalue weighted by Gasteiger charge is -2.22. The van der Waals surface area contributed by atoms with Crippen molar-refractivity contribution in [1.82, 2.24) is 4.90 Å². The lowest BCUT2D eigenvalue weighted by Crippen LogP contribution is -2.28. The first-order valence-electron chi connectivity index (χ1n) is 8.27. The molecule has 4 rings (SSSR count). The van der Waals surface area contributed by atoms with Crippen LogP contribution in [-0.2, 0) is 12.7 Å². The summed E-state index contributed by atoms with van der Waals surface area (Å²) in [7, 11) is 0. The number of para-hydroxylation sites is 1. The lowest BCUT2D eigenvalue weighted by atomic mass is 10.0. The highest BCUT2D eigenvalue weighted by atomic mass is 19.4. The van der Waals surface area contributed by atoms with Gasteiger partial charge >= 0.3 is 6.18 Å². The maximum Gasteiger partial charge on any atom is 0.417 e. The third-order valence-corrected chi connectivity index (χ3v) is 4.59. The van der Waals surface area contributed by atoms with Gasteiger partial charge in [-0.05, 0) is 29.8 Å². The minimum Gasteiger partial charge on any atom is -0.346 e. The average molecular weight is 374 g/mol. The van der Waals surface area contributed by atoms with Crippen molar-refractivity contribution in [3.8, 4) is 0 Å². The monoisotopic (exact) mass is 374 g/mol. The van der Waals surface area contributed by atoms with Crippen molar-refractivity contribution < 1.29 is 22.4 Å². The van der Waals surface area contributed by atoms with E-state index in [9.17, 15) is 22.4 Å². The molecule has 0 atom stereocenters. The van der Waals surface area contributed by atoms with Gasteiger partial charge < -0.3 is 4.90 Å². The van der Waals surface area contributed by atoms with Gasteiger partial charge in [0, 0.05) is 31.1 Å². The number of hydrogen-bond donors (Lipinski definition) is 0. The molecule has 0 N–H and O–H groups in total. The normalized spacial score (nSPS) is 15.9. The molecular weight excluding hydrogens is 360 g/mol. The SMILES string of the molecule is O=C(c1ccc(F)cc1C(F)(F)F)N1C=C2CC=CN2Cc2ccccc21. The van der Waals surface area contributed by atoms with E-state index in [0.29, 0.717) is 24.7 Å². The number of benzene rings is 2. The molecule has 2 aliphatic rings. The van der Waals surface area contributed by atoms with Crippen LogP contribution in [0.4, 0.5) is 23.2 Å². The number of allylic oxidation sites excluding steroid dienone is 1. The summed E-state index contributed by atoms with van der Waals surface area (Å²) < 4.78 is 53.5. The van der Waals surface area contributed by atoms with Crippen molar-refractivity contribution in [2.24, 2.45) is 0 Å². The van der Waals surface area contributed by atoms with Gasteiger partial charge in [-0.3, -0.25) is 9.69 Å². The molecule has 0 saturated carbocycles. The summed E-state index contributed by atoms with van der Waals surface area (Å²) in [5.74, 6) is -1.89. The van der Waals surface area contributed by atoms with Gasteiger partial charge in [-0.15, -0.1) is 0 Å². The number of amides is 1. The van der Waals surface area contributed by atoms with Crippen molar-refractivity contribution in [3.63, 3.8) is 0 Å². The molecule has 0 radical (unpaired) electrons. The Bertz CT molecular complexity index is 978. The van der Waals surface area contributed by atoms with Crippen LogP contribution >= 0.6 is 0 Å². The number of alkyl halides is 3. The number of carbonyl (C=O) groups excluding carboxylic acids is 1. The number of halogens is 4. The molecule has 0 spiro atoms. The lowest BCUT2D eigenvalue weighted by molar-refractivity contribution is -0.138. The molecular formula is C20H14F4N2O. The van der Waals surface area contributed by atoms with Crippen LogP contribution in [0.25, 0.3) is 0 Å². The Morgan fingerprint density at radius 2 is 1.85 bits per heavy atom. The quantitative estimate of drug-likeness (QED) is 0.651. The molecule has 2 aliphatic heterocycles. The summed E-state index contributed by atoms with van der Waals surface area (Å²) in [6, 6.07) is 9.15. The third kappa shape index (κ3) is 3.09. The maximum absolute atomic E-state index is 13.4. The highest BCUT2D eigenvalue weighted by Crippen LogP contribution is 2.36. The second-order valence-electron chi connectivity index (χ2n) is 6.33. The molecule has 1 amide bonds. The van der Waals surface area contributed by atoms with Gasteiger partial charge in [-0.25, -0.2) is 4.39 Å². The zero-order valence-electron chi connectivity index (χ0n) is 14.0. The minimum absolute atomic E-state index is 0.355. The molecule has 0 aromatic heterocycles. The first-order valence-corrected chi connectivity index (χ1v) is 8.27. The van der Waals surface area contributed by atoms with E-state index in [-0.39, 0.29) is 0 Å². The summed E-state index contributed by atoms with van der Waals surface area (Å²) >= 11 is 0. The highest BCUT2D eigenvalue weighted by Gasteiger charge is 2.37. The molecule has 0 fully saturated rings. The predicted molar refractivity (Wildman–Crippen MR) is 92.0 cm³/mol. The summed E-state index contributed by atoms with van der Waals surface area (Å²) in [6.07, 6.45) is 1.09. The standard InChI is InChI=1S/C20H14F4N2O/c21-14-7-8-16(17(10-14)20(22,23)24)19(27)26-12-15-5-3-9-25(15)11-13-4-1-2-6-18(13)26/h1-4,6-10,12H,5,11H2. The van der Waals surface area contributed by atoms with E-state index in [1.54, 1.807) is 18.3 Å². The van der Waals surface area contributed by atoms with E-state index in [1.807, 2.05) is 29.3 Å².